The van der Waals surface area contributed by atoms with Crippen LogP contribution in [0.4, 0.5) is 0 Å². The van der Waals surface area contributed by atoms with Crippen molar-refractivity contribution >= 4 is 0 Å². The maximum Gasteiger partial charge on any atom is -0.0438 e. The summed E-state index contributed by atoms with van der Waals surface area (Å²) in [6.45, 7) is 11.8. The number of hydrogen-bond donors (Lipinski definition) is 0. The molecule has 0 bridgehead atoms. The van der Waals surface area contributed by atoms with E-state index in [0.717, 1.165) is 17.8 Å². The minimum atomic E-state index is 0.920. The highest BCUT2D eigenvalue weighted by molar-refractivity contribution is 4.62. The zero-order valence-corrected chi connectivity index (χ0v) is 10.3. The monoisotopic (exact) mass is 184 g/mol. The van der Waals surface area contributed by atoms with Crippen LogP contribution < -0.4 is 0 Å². The molecule has 0 saturated heterocycles. The zero-order chi connectivity index (χ0) is 10.3. The first-order chi connectivity index (χ1) is 6.10. The molecule has 0 radical (unpaired) electrons. The van der Waals surface area contributed by atoms with Gasteiger partial charge in [0.05, 0.1) is 0 Å². The first-order valence-electron chi connectivity index (χ1n) is 6.10. The van der Waals surface area contributed by atoms with Crippen LogP contribution in [-0.4, -0.2) is 0 Å². The first kappa shape index (κ1) is 13.0. The maximum atomic E-state index is 2.42. The van der Waals surface area contributed by atoms with E-state index in [1.807, 2.05) is 0 Å². The van der Waals surface area contributed by atoms with Crippen molar-refractivity contribution in [3.05, 3.63) is 0 Å². The molecule has 0 heteroatoms. The molecular formula is C13H28. The minimum absolute atomic E-state index is 0.920. The van der Waals surface area contributed by atoms with Gasteiger partial charge < -0.3 is 0 Å². The molecule has 13 heavy (non-hydrogen) atoms. The summed E-state index contributed by atoms with van der Waals surface area (Å²) in [6, 6.07) is 0. The quantitative estimate of drug-likeness (QED) is 0.528. The second-order valence-corrected chi connectivity index (χ2v) is 4.98. The molecule has 0 spiro atoms. The average molecular weight is 184 g/mol. The molecule has 0 amide bonds. The predicted molar refractivity (Wildman–Crippen MR) is 61.9 cm³/mol. The molecule has 0 saturated carbocycles. The van der Waals surface area contributed by atoms with E-state index in [4.69, 9.17) is 0 Å². The van der Waals surface area contributed by atoms with Crippen molar-refractivity contribution in [3.8, 4) is 0 Å². The Balaban J connectivity index is 3.54. The summed E-state index contributed by atoms with van der Waals surface area (Å²) in [5.41, 5.74) is 0. The van der Waals surface area contributed by atoms with Crippen molar-refractivity contribution in [1.82, 2.24) is 0 Å². The van der Waals surface area contributed by atoms with Gasteiger partial charge in [0.25, 0.3) is 0 Å². The van der Waals surface area contributed by atoms with Gasteiger partial charge in [-0.2, -0.15) is 0 Å². The van der Waals surface area contributed by atoms with Gasteiger partial charge in [0.15, 0.2) is 0 Å². The first-order valence-corrected chi connectivity index (χ1v) is 6.10. The van der Waals surface area contributed by atoms with E-state index in [9.17, 15) is 0 Å². The highest BCUT2D eigenvalue weighted by Gasteiger charge is 2.10. The minimum Gasteiger partial charge on any atom is -0.0654 e. The van der Waals surface area contributed by atoms with Gasteiger partial charge in [0, 0.05) is 0 Å². The van der Waals surface area contributed by atoms with Gasteiger partial charge in [-0.25, -0.2) is 0 Å². The van der Waals surface area contributed by atoms with Gasteiger partial charge in [0.1, 0.15) is 0 Å². The molecule has 3 atom stereocenters. The number of hydrogen-bond acceptors (Lipinski definition) is 0. The fourth-order valence-electron chi connectivity index (χ4n) is 2.25. The van der Waals surface area contributed by atoms with E-state index >= 15 is 0 Å². The Morgan fingerprint density at radius 2 is 1.31 bits per heavy atom. The van der Waals surface area contributed by atoms with Crippen LogP contribution in [0.1, 0.15) is 66.7 Å². The van der Waals surface area contributed by atoms with Gasteiger partial charge in [-0.3, -0.25) is 0 Å². The average Bonchev–Trinajstić information content (AvgIpc) is 2.04. The summed E-state index contributed by atoms with van der Waals surface area (Å²) in [5.74, 6) is 2.78. The van der Waals surface area contributed by atoms with Gasteiger partial charge in [-0.15, -0.1) is 0 Å². The summed E-state index contributed by atoms with van der Waals surface area (Å²) in [5, 5.41) is 0. The molecule has 80 valence electrons. The van der Waals surface area contributed by atoms with Crippen LogP contribution in [0.15, 0.2) is 0 Å². The molecule has 0 aliphatic rings. The summed E-state index contributed by atoms with van der Waals surface area (Å²) in [7, 11) is 0. The van der Waals surface area contributed by atoms with Gasteiger partial charge >= 0.3 is 0 Å². The summed E-state index contributed by atoms with van der Waals surface area (Å²) in [4.78, 5) is 0. The van der Waals surface area contributed by atoms with Crippen molar-refractivity contribution in [2.45, 2.75) is 66.7 Å². The SMILES string of the molecule is CCC[C@@H](C)C[C@H](C)C[C@H](C)CC. The van der Waals surface area contributed by atoms with Gasteiger partial charge in [-0.1, -0.05) is 53.9 Å². The topological polar surface area (TPSA) is 0 Å². The lowest BCUT2D eigenvalue weighted by atomic mass is 9.87. The molecule has 0 N–H and O–H groups in total. The van der Waals surface area contributed by atoms with E-state index in [1.165, 1.54) is 32.1 Å². The molecule has 0 rings (SSSR count). The normalized spacial score (nSPS) is 18.2. The van der Waals surface area contributed by atoms with Gasteiger partial charge in [0.2, 0.25) is 0 Å². The Labute approximate surface area is 85.1 Å². The van der Waals surface area contributed by atoms with E-state index in [-0.39, 0.29) is 0 Å². The molecule has 0 nitrogen and oxygen atoms in total. The molecule has 0 aliphatic carbocycles. The predicted octanol–water partition coefficient (Wildman–Crippen LogP) is 4.89. The van der Waals surface area contributed by atoms with Crippen LogP contribution in [0.25, 0.3) is 0 Å². The molecule has 0 aromatic heterocycles. The van der Waals surface area contributed by atoms with Crippen LogP contribution in [0.2, 0.25) is 0 Å². The molecule has 0 aromatic carbocycles. The van der Waals surface area contributed by atoms with E-state index in [1.54, 1.807) is 0 Å². The fraction of sp³-hybridized carbons (Fsp3) is 1.00. The van der Waals surface area contributed by atoms with Crippen molar-refractivity contribution in [2.75, 3.05) is 0 Å². The molecule has 0 aromatic rings. The summed E-state index contributed by atoms with van der Waals surface area (Å²) in [6.07, 6.45) is 6.94. The molecular weight excluding hydrogens is 156 g/mol. The fourth-order valence-corrected chi connectivity index (χ4v) is 2.25. The maximum absolute atomic E-state index is 2.42. The van der Waals surface area contributed by atoms with Crippen molar-refractivity contribution in [3.63, 3.8) is 0 Å². The summed E-state index contributed by atoms with van der Waals surface area (Å²) < 4.78 is 0. The number of rotatable bonds is 7. The Morgan fingerprint density at radius 3 is 1.77 bits per heavy atom. The zero-order valence-electron chi connectivity index (χ0n) is 10.3. The summed E-state index contributed by atoms with van der Waals surface area (Å²) >= 11 is 0. The lowest BCUT2D eigenvalue weighted by Gasteiger charge is -2.19. The van der Waals surface area contributed by atoms with E-state index < -0.39 is 0 Å². The second kappa shape index (κ2) is 7.41. The van der Waals surface area contributed by atoms with Gasteiger partial charge in [-0.05, 0) is 30.6 Å². The third kappa shape index (κ3) is 7.10. The van der Waals surface area contributed by atoms with Crippen LogP contribution in [-0.2, 0) is 0 Å². The Kier molecular flexibility index (Phi) is 7.41. The standard InChI is InChI=1S/C13H28/c1-6-8-12(4)10-13(5)9-11(3)7-2/h11-13H,6-10H2,1-5H3/t11-,12-,13-/m1/s1. The molecule has 0 fully saturated rings. The Bertz CT molecular complexity index is 107. The van der Waals surface area contributed by atoms with E-state index in [2.05, 4.69) is 34.6 Å². The lowest BCUT2D eigenvalue weighted by Crippen LogP contribution is -2.07. The smallest absolute Gasteiger partial charge is 0.0438 e. The Morgan fingerprint density at radius 1 is 0.769 bits per heavy atom. The lowest BCUT2D eigenvalue weighted by molar-refractivity contribution is 0.328. The second-order valence-electron chi connectivity index (χ2n) is 4.98. The third-order valence-electron chi connectivity index (χ3n) is 3.09. The molecule has 0 unspecified atom stereocenters. The van der Waals surface area contributed by atoms with E-state index in [0.29, 0.717) is 0 Å². The van der Waals surface area contributed by atoms with Crippen molar-refractivity contribution in [2.24, 2.45) is 17.8 Å². The van der Waals surface area contributed by atoms with Crippen LogP contribution in [0, 0.1) is 17.8 Å². The van der Waals surface area contributed by atoms with Crippen molar-refractivity contribution in [1.29, 1.82) is 0 Å². The molecule has 0 aliphatic heterocycles. The highest BCUT2D eigenvalue weighted by Crippen LogP contribution is 2.23. The third-order valence-corrected chi connectivity index (χ3v) is 3.09. The van der Waals surface area contributed by atoms with Crippen LogP contribution >= 0.6 is 0 Å². The largest absolute Gasteiger partial charge is 0.0654 e. The molecule has 0 heterocycles. The Hall–Kier alpha value is 0. The van der Waals surface area contributed by atoms with Crippen LogP contribution in [0.3, 0.4) is 0 Å². The van der Waals surface area contributed by atoms with Crippen molar-refractivity contribution < 1.29 is 0 Å². The van der Waals surface area contributed by atoms with Crippen LogP contribution in [0.5, 0.6) is 0 Å². The highest BCUT2D eigenvalue weighted by atomic mass is 14.2.